The van der Waals surface area contributed by atoms with Crippen molar-refractivity contribution in [3.63, 3.8) is 0 Å². The van der Waals surface area contributed by atoms with Crippen molar-refractivity contribution in [3.8, 4) is 0 Å². The molecule has 2 nitrogen and oxygen atoms in total. The average Bonchev–Trinajstić information content (AvgIpc) is 2.29. The third-order valence-corrected chi connectivity index (χ3v) is 4.29. The first-order chi connectivity index (χ1) is 8.72. The van der Waals surface area contributed by atoms with Crippen molar-refractivity contribution in [1.82, 2.24) is 5.32 Å². The molecule has 100 valence electrons. The van der Waals surface area contributed by atoms with Crippen LogP contribution in [0.1, 0.15) is 38.2 Å². The van der Waals surface area contributed by atoms with Crippen molar-refractivity contribution in [3.05, 3.63) is 28.2 Å². The standard InChI is InChI=1S/C15H23BrN2/c1-3-9-17-11-12-7-8-13(16)10-15(12)18(2)14-5-4-6-14/h7-8,10,14,17H,3-6,9,11H2,1-2H3. The van der Waals surface area contributed by atoms with Gasteiger partial charge in [-0.1, -0.05) is 28.9 Å². The Bertz CT molecular complexity index is 388. The van der Waals surface area contributed by atoms with Crippen LogP contribution in [0.4, 0.5) is 5.69 Å². The molecule has 0 unspecified atom stereocenters. The summed E-state index contributed by atoms with van der Waals surface area (Å²) in [6, 6.07) is 7.36. The summed E-state index contributed by atoms with van der Waals surface area (Å²) in [7, 11) is 2.23. The second kappa shape index (κ2) is 6.58. The molecule has 0 bridgehead atoms. The summed E-state index contributed by atoms with van der Waals surface area (Å²) >= 11 is 3.59. The molecule has 0 amide bonds. The van der Waals surface area contributed by atoms with Gasteiger partial charge in [0.15, 0.2) is 0 Å². The van der Waals surface area contributed by atoms with E-state index in [1.165, 1.54) is 41.4 Å². The van der Waals surface area contributed by atoms with Crippen LogP contribution < -0.4 is 10.2 Å². The Balaban J connectivity index is 2.11. The molecule has 3 heteroatoms. The first kappa shape index (κ1) is 13.9. The van der Waals surface area contributed by atoms with Crippen LogP contribution in [0.2, 0.25) is 0 Å². The molecule has 1 saturated carbocycles. The number of halogens is 1. The zero-order chi connectivity index (χ0) is 13.0. The highest BCUT2D eigenvalue weighted by Crippen LogP contribution is 2.32. The van der Waals surface area contributed by atoms with Gasteiger partial charge in [0.2, 0.25) is 0 Å². The Morgan fingerprint density at radius 1 is 1.39 bits per heavy atom. The molecule has 0 heterocycles. The molecule has 1 N–H and O–H groups in total. The predicted molar refractivity (Wildman–Crippen MR) is 82.2 cm³/mol. The van der Waals surface area contributed by atoms with Gasteiger partial charge in [0.05, 0.1) is 0 Å². The zero-order valence-corrected chi connectivity index (χ0v) is 13.0. The lowest BCUT2D eigenvalue weighted by Gasteiger charge is -2.37. The van der Waals surface area contributed by atoms with Gasteiger partial charge >= 0.3 is 0 Å². The predicted octanol–water partition coefficient (Wildman–Crippen LogP) is 3.94. The van der Waals surface area contributed by atoms with Crippen LogP contribution in [0.25, 0.3) is 0 Å². The van der Waals surface area contributed by atoms with Crippen LogP contribution in [0.5, 0.6) is 0 Å². The fourth-order valence-electron chi connectivity index (χ4n) is 2.39. The molecule has 1 aromatic carbocycles. The molecule has 1 aliphatic rings. The first-order valence-electron chi connectivity index (χ1n) is 6.94. The molecule has 0 radical (unpaired) electrons. The Hall–Kier alpha value is -0.540. The molecule has 0 aliphatic heterocycles. The molecular formula is C15H23BrN2. The van der Waals surface area contributed by atoms with E-state index in [2.05, 4.69) is 58.3 Å². The van der Waals surface area contributed by atoms with Gasteiger partial charge in [-0.25, -0.2) is 0 Å². The normalized spacial score (nSPS) is 15.5. The summed E-state index contributed by atoms with van der Waals surface area (Å²) in [6.07, 6.45) is 5.24. The molecule has 0 atom stereocenters. The molecular weight excluding hydrogens is 288 g/mol. The maximum atomic E-state index is 3.59. The van der Waals surface area contributed by atoms with Gasteiger partial charge in [-0.15, -0.1) is 0 Å². The molecule has 1 fully saturated rings. The van der Waals surface area contributed by atoms with E-state index in [4.69, 9.17) is 0 Å². The Kier molecular flexibility index (Phi) is 5.07. The van der Waals surface area contributed by atoms with E-state index in [-0.39, 0.29) is 0 Å². The van der Waals surface area contributed by atoms with Gasteiger partial charge in [-0.3, -0.25) is 0 Å². The minimum Gasteiger partial charge on any atom is -0.371 e. The Morgan fingerprint density at radius 3 is 2.78 bits per heavy atom. The summed E-state index contributed by atoms with van der Waals surface area (Å²) in [5.41, 5.74) is 2.78. The lowest BCUT2D eigenvalue weighted by atomic mass is 9.91. The van der Waals surface area contributed by atoms with Crippen molar-refractivity contribution < 1.29 is 0 Å². The molecule has 0 spiro atoms. The number of hydrogen-bond donors (Lipinski definition) is 1. The number of benzene rings is 1. The van der Waals surface area contributed by atoms with Crippen molar-refractivity contribution >= 4 is 21.6 Å². The van der Waals surface area contributed by atoms with Gasteiger partial charge in [-0.05, 0) is 49.9 Å². The third-order valence-electron chi connectivity index (χ3n) is 3.79. The third kappa shape index (κ3) is 3.27. The molecule has 0 saturated heterocycles. The van der Waals surface area contributed by atoms with Gasteiger partial charge < -0.3 is 10.2 Å². The highest BCUT2D eigenvalue weighted by atomic mass is 79.9. The first-order valence-corrected chi connectivity index (χ1v) is 7.73. The van der Waals surface area contributed by atoms with Gasteiger partial charge in [0.1, 0.15) is 0 Å². The van der Waals surface area contributed by atoms with E-state index in [0.717, 1.165) is 19.1 Å². The van der Waals surface area contributed by atoms with E-state index in [0.29, 0.717) is 0 Å². The summed E-state index contributed by atoms with van der Waals surface area (Å²) in [5, 5.41) is 3.50. The average molecular weight is 311 g/mol. The van der Waals surface area contributed by atoms with Crippen LogP contribution in [0.3, 0.4) is 0 Å². The fraction of sp³-hybridized carbons (Fsp3) is 0.600. The Morgan fingerprint density at radius 2 is 2.17 bits per heavy atom. The van der Waals surface area contributed by atoms with Gasteiger partial charge in [0, 0.05) is 29.8 Å². The van der Waals surface area contributed by atoms with Crippen molar-refractivity contribution in [2.45, 2.75) is 45.2 Å². The van der Waals surface area contributed by atoms with Crippen LogP contribution in [-0.2, 0) is 6.54 Å². The topological polar surface area (TPSA) is 15.3 Å². The highest BCUT2D eigenvalue weighted by Gasteiger charge is 2.23. The maximum Gasteiger partial charge on any atom is 0.0423 e. The smallest absolute Gasteiger partial charge is 0.0423 e. The van der Waals surface area contributed by atoms with Crippen LogP contribution in [-0.4, -0.2) is 19.6 Å². The minimum atomic E-state index is 0.740. The zero-order valence-electron chi connectivity index (χ0n) is 11.4. The summed E-state index contributed by atoms with van der Waals surface area (Å²) in [6.45, 7) is 4.26. The molecule has 1 aliphatic carbocycles. The van der Waals surface area contributed by atoms with Crippen molar-refractivity contribution in [2.75, 3.05) is 18.5 Å². The van der Waals surface area contributed by atoms with Crippen LogP contribution >= 0.6 is 15.9 Å². The lowest BCUT2D eigenvalue weighted by molar-refractivity contribution is 0.400. The summed E-state index contributed by atoms with van der Waals surface area (Å²) in [4.78, 5) is 2.46. The monoisotopic (exact) mass is 310 g/mol. The van der Waals surface area contributed by atoms with E-state index in [1.54, 1.807) is 0 Å². The molecule has 18 heavy (non-hydrogen) atoms. The number of anilines is 1. The lowest BCUT2D eigenvalue weighted by Crippen LogP contribution is -2.37. The second-order valence-electron chi connectivity index (χ2n) is 5.15. The van der Waals surface area contributed by atoms with Crippen LogP contribution in [0, 0.1) is 0 Å². The number of hydrogen-bond acceptors (Lipinski definition) is 2. The SMILES string of the molecule is CCCNCc1ccc(Br)cc1N(C)C1CCC1. The summed E-state index contributed by atoms with van der Waals surface area (Å²) < 4.78 is 1.17. The van der Waals surface area contributed by atoms with E-state index >= 15 is 0 Å². The van der Waals surface area contributed by atoms with Gasteiger partial charge in [-0.2, -0.15) is 0 Å². The maximum absolute atomic E-state index is 3.59. The number of nitrogens with zero attached hydrogens (tertiary/aromatic N) is 1. The van der Waals surface area contributed by atoms with E-state index in [1.807, 2.05) is 0 Å². The van der Waals surface area contributed by atoms with Gasteiger partial charge in [0.25, 0.3) is 0 Å². The summed E-state index contributed by atoms with van der Waals surface area (Å²) in [5.74, 6) is 0. The Labute approximate surface area is 119 Å². The second-order valence-corrected chi connectivity index (χ2v) is 6.06. The van der Waals surface area contributed by atoms with E-state index in [9.17, 15) is 0 Å². The number of rotatable bonds is 6. The highest BCUT2D eigenvalue weighted by molar-refractivity contribution is 9.10. The van der Waals surface area contributed by atoms with Crippen molar-refractivity contribution in [1.29, 1.82) is 0 Å². The fourth-order valence-corrected chi connectivity index (χ4v) is 2.73. The molecule has 2 rings (SSSR count). The largest absolute Gasteiger partial charge is 0.371 e. The van der Waals surface area contributed by atoms with Crippen molar-refractivity contribution in [2.24, 2.45) is 0 Å². The number of nitrogens with one attached hydrogen (secondary N) is 1. The van der Waals surface area contributed by atoms with E-state index < -0.39 is 0 Å². The van der Waals surface area contributed by atoms with Crippen LogP contribution in [0.15, 0.2) is 22.7 Å². The quantitative estimate of drug-likeness (QED) is 0.801. The minimum absolute atomic E-state index is 0.740. The molecule has 1 aromatic rings. The molecule has 0 aromatic heterocycles.